The molecule has 1 aromatic carbocycles. The van der Waals surface area contributed by atoms with E-state index in [0.29, 0.717) is 22.8 Å². The van der Waals surface area contributed by atoms with Crippen LogP contribution in [0.4, 0.5) is 11.6 Å². The number of pyridine rings is 1. The number of nitrogens with two attached hydrogens (primary N) is 2. The lowest BCUT2D eigenvalue weighted by Gasteiger charge is -2.07. The van der Waals surface area contributed by atoms with Gasteiger partial charge in [0.2, 0.25) is 0 Å². The van der Waals surface area contributed by atoms with Gasteiger partial charge in [0.05, 0.1) is 0 Å². The zero-order chi connectivity index (χ0) is 10.8. The Kier molecular flexibility index (Phi) is 2.17. The molecule has 15 heavy (non-hydrogen) atoms. The molecule has 2 aromatic rings. The molecule has 0 aliphatic rings. The average molecular weight is 201 g/mol. The van der Waals surface area contributed by atoms with Crippen molar-refractivity contribution in [2.24, 2.45) is 0 Å². The van der Waals surface area contributed by atoms with Crippen molar-refractivity contribution < 1.29 is 5.11 Å². The lowest BCUT2D eigenvalue weighted by molar-refractivity contribution is 0.477. The maximum Gasteiger partial charge on any atom is 0.133 e. The van der Waals surface area contributed by atoms with Crippen molar-refractivity contribution in [3.05, 3.63) is 36.4 Å². The lowest BCUT2D eigenvalue weighted by atomic mass is 10.1. The van der Waals surface area contributed by atoms with Crippen molar-refractivity contribution >= 4 is 11.6 Å². The van der Waals surface area contributed by atoms with Crippen LogP contribution in [0.1, 0.15) is 0 Å². The highest BCUT2D eigenvalue weighted by atomic mass is 16.3. The molecule has 0 unspecified atom stereocenters. The molecule has 4 heteroatoms. The van der Waals surface area contributed by atoms with Crippen LogP contribution in [0.2, 0.25) is 0 Å². The summed E-state index contributed by atoms with van der Waals surface area (Å²) in [6.45, 7) is 0. The number of aromatic nitrogens is 1. The number of hydrogen-bond donors (Lipinski definition) is 3. The molecule has 0 amide bonds. The van der Waals surface area contributed by atoms with Crippen molar-refractivity contribution in [1.82, 2.24) is 4.98 Å². The van der Waals surface area contributed by atoms with Crippen LogP contribution in [-0.2, 0) is 0 Å². The average Bonchev–Trinajstić information content (AvgIpc) is 2.20. The third kappa shape index (κ3) is 1.69. The van der Waals surface area contributed by atoms with Crippen molar-refractivity contribution in [2.45, 2.75) is 0 Å². The number of nitrogen functional groups attached to an aromatic ring is 2. The SMILES string of the molecule is Nc1ccc(-c2ccccc2O)c(N)n1. The van der Waals surface area contributed by atoms with Gasteiger partial charge in [-0.1, -0.05) is 18.2 Å². The van der Waals surface area contributed by atoms with Gasteiger partial charge >= 0.3 is 0 Å². The van der Waals surface area contributed by atoms with E-state index in [2.05, 4.69) is 4.98 Å². The molecule has 0 saturated heterocycles. The molecule has 1 heterocycles. The molecule has 0 spiro atoms. The molecule has 76 valence electrons. The van der Waals surface area contributed by atoms with Gasteiger partial charge in [-0.3, -0.25) is 0 Å². The number of benzene rings is 1. The molecule has 5 N–H and O–H groups in total. The third-order valence-electron chi connectivity index (χ3n) is 2.14. The standard InChI is InChI=1S/C11H11N3O/c12-10-6-5-8(11(13)14-10)7-3-1-2-4-9(7)15/h1-6,15H,(H4,12,13,14). The van der Waals surface area contributed by atoms with E-state index < -0.39 is 0 Å². The second kappa shape index (κ2) is 3.49. The first-order chi connectivity index (χ1) is 7.18. The Morgan fingerprint density at radius 3 is 2.33 bits per heavy atom. The number of para-hydroxylation sites is 1. The van der Waals surface area contributed by atoms with E-state index in [1.54, 1.807) is 30.3 Å². The summed E-state index contributed by atoms with van der Waals surface area (Å²) in [7, 11) is 0. The number of phenolic OH excluding ortho intramolecular Hbond substituents is 1. The zero-order valence-electron chi connectivity index (χ0n) is 8.01. The van der Waals surface area contributed by atoms with E-state index in [1.807, 2.05) is 6.07 Å². The minimum absolute atomic E-state index is 0.177. The van der Waals surface area contributed by atoms with Gasteiger partial charge in [-0.2, -0.15) is 0 Å². The van der Waals surface area contributed by atoms with E-state index >= 15 is 0 Å². The van der Waals surface area contributed by atoms with Crippen LogP contribution >= 0.6 is 0 Å². The Labute approximate surface area is 87.2 Å². The molecule has 2 rings (SSSR count). The normalized spacial score (nSPS) is 10.1. The van der Waals surface area contributed by atoms with E-state index in [1.165, 1.54) is 0 Å². The highest BCUT2D eigenvalue weighted by Crippen LogP contribution is 2.31. The highest BCUT2D eigenvalue weighted by Gasteiger charge is 2.07. The second-order valence-electron chi connectivity index (χ2n) is 3.19. The Morgan fingerprint density at radius 2 is 1.67 bits per heavy atom. The topological polar surface area (TPSA) is 85.2 Å². The summed E-state index contributed by atoms with van der Waals surface area (Å²) in [5.74, 6) is 0.860. The number of phenols is 1. The summed E-state index contributed by atoms with van der Waals surface area (Å²) in [6, 6.07) is 10.3. The van der Waals surface area contributed by atoms with Gasteiger partial charge in [0.25, 0.3) is 0 Å². The van der Waals surface area contributed by atoms with Gasteiger partial charge in [0, 0.05) is 11.1 Å². The molecule has 0 bridgehead atoms. The second-order valence-corrected chi connectivity index (χ2v) is 3.19. The molecule has 0 saturated carbocycles. The van der Waals surface area contributed by atoms with Crippen LogP contribution in [0.25, 0.3) is 11.1 Å². The van der Waals surface area contributed by atoms with Crippen LogP contribution < -0.4 is 11.5 Å². The van der Waals surface area contributed by atoms with Gasteiger partial charge in [0.1, 0.15) is 17.4 Å². The van der Waals surface area contributed by atoms with Gasteiger partial charge in [-0.15, -0.1) is 0 Å². The van der Waals surface area contributed by atoms with E-state index in [-0.39, 0.29) is 5.75 Å². The monoisotopic (exact) mass is 201 g/mol. The molecular formula is C11H11N3O. The summed E-state index contributed by atoms with van der Waals surface area (Å²) >= 11 is 0. The lowest BCUT2D eigenvalue weighted by Crippen LogP contribution is -1.98. The smallest absolute Gasteiger partial charge is 0.133 e. The number of aromatic hydroxyl groups is 1. The summed E-state index contributed by atoms with van der Waals surface area (Å²) in [6.07, 6.45) is 0. The van der Waals surface area contributed by atoms with Crippen LogP contribution in [0, 0.1) is 0 Å². The van der Waals surface area contributed by atoms with Gasteiger partial charge in [-0.25, -0.2) is 4.98 Å². The maximum atomic E-state index is 9.64. The van der Waals surface area contributed by atoms with Crippen molar-refractivity contribution in [3.8, 4) is 16.9 Å². The molecular weight excluding hydrogens is 190 g/mol. The van der Waals surface area contributed by atoms with Crippen LogP contribution in [-0.4, -0.2) is 10.1 Å². The predicted molar refractivity (Wildman–Crippen MR) is 60.2 cm³/mol. The fraction of sp³-hybridized carbons (Fsp3) is 0. The minimum atomic E-state index is 0.177. The molecule has 4 nitrogen and oxygen atoms in total. The van der Waals surface area contributed by atoms with Crippen molar-refractivity contribution in [2.75, 3.05) is 11.5 Å². The molecule has 0 atom stereocenters. The molecule has 0 aliphatic heterocycles. The summed E-state index contributed by atoms with van der Waals surface area (Å²) in [4.78, 5) is 3.94. The largest absolute Gasteiger partial charge is 0.507 e. The number of hydrogen-bond acceptors (Lipinski definition) is 4. The van der Waals surface area contributed by atoms with Gasteiger partial charge in [-0.05, 0) is 18.2 Å². The first-order valence-corrected chi connectivity index (χ1v) is 4.49. The molecule has 0 fully saturated rings. The quantitative estimate of drug-likeness (QED) is 0.654. The summed E-state index contributed by atoms with van der Waals surface area (Å²) in [5.41, 5.74) is 12.5. The molecule has 1 aromatic heterocycles. The number of nitrogens with zero attached hydrogens (tertiary/aromatic N) is 1. The molecule has 0 radical (unpaired) electrons. The Hall–Kier alpha value is -2.23. The van der Waals surface area contributed by atoms with Crippen molar-refractivity contribution in [1.29, 1.82) is 0 Å². The Balaban J connectivity index is 2.60. The minimum Gasteiger partial charge on any atom is -0.507 e. The van der Waals surface area contributed by atoms with Crippen LogP contribution in [0.3, 0.4) is 0 Å². The van der Waals surface area contributed by atoms with Gasteiger partial charge < -0.3 is 16.6 Å². The van der Waals surface area contributed by atoms with Gasteiger partial charge in [0.15, 0.2) is 0 Å². The Morgan fingerprint density at radius 1 is 0.933 bits per heavy atom. The van der Waals surface area contributed by atoms with Crippen molar-refractivity contribution in [3.63, 3.8) is 0 Å². The first kappa shape index (κ1) is 9.33. The zero-order valence-corrected chi connectivity index (χ0v) is 8.01. The van der Waals surface area contributed by atoms with E-state index in [0.717, 1.165) is 0 Å². The van der Waals surface area contributed by atoms with E-state index in [9.17, 15) is 5.11 Å². The van der Waals surface area contributed by atoms with Crippen LogP contribution in [0.15, 0.2) is 36.4 Å². The maximum absolute atomic E-state index is 9.64. The van der Waals surface area contributed by atoms with E-state index in [4.69, 9.17) is 11.5 Å². The fourth-order valence-electron chi connectivity index (χ4n) is 1.42. The Bertz CT molecular complexity index is 497. The highest BCUT2D eigenvalue weighted by molar-refractivity contribution is 5.78. The summed E-state index contributed by atoms with van der Waals surface area (Å²) < 4.78 is 0. The predicted octanol–water partition coefficient (Wildman–Crippen LogP) is 1.62. The number of anilines is 2. The third-order valence-corrected chi connectivity index (χ3v) is 2.14. The number of rotatable bonds is 1. The van der Waals surface area contributed by atoms with Crippen LogP contribution in [0.5, 0.6) is 5.75 Å². The fourth-order valence-corrected chi connectivity index (χ4v) is 1.42. The molecule has 0 aliphatic carbocycles. The first-order valence-electron chi connectivity index (χ1n) is 4.49. The summed E-state index contributed by atoms with van der Waals surface area (Å²) in [5, 5.41) is 9.64.